The van der Waals surface area contributed by atoms with Crippen molar-refractivity contribution in [1.29, 1.82) is 0 Å². The van der Waals surface area contributed by atoms with Crippen molar-refractivity contribution in [2.45, 2.75) is 52.1 Å². The minimum absolute atomic E-state index is 0. The Hall–Kier alpha value is 0.951. The molecule has 1 heterocycles. The fraction of sp³-hybridized carbons (Fsp3) is 1.00. The minimum atomic E-state index is -0.981. The maximum absolute atomic E-state index is 4.94. The van der Waals surface area contributed by atoms with Gasteiger partial charge in [-0.1, -0.05) is 39.3 Å². The van der Waals surface area contributed by atoms with Gasteiger partial charge in [0.2, 0.25) is 0 Å². The van der Waals surface area contributed by atoms with Crippen LogP contribution in [0.25, 0.3) is 0 Å². The van der Waals surface area contributed by atoms with Crippen LogP contribution in [-0.4, -0.2) is 48.5 Å². The van der Waals surface area contributed by atoms with E-state index in [4.69, 9.17) is 4.74 Å². The topological polar surface area (TPSA) is 21.3 Å². The molecule has 1 N–H and O–H groups in total. The first-order chi connectivity index (χ1) is 6.21. The van der Waals surface area contributed by atoms with Crippen molar-refractivity contribution in [3.8, 4) is 0 Å². The van der Waals surface area contributed by atoms with Crippen molar-refractivity contribution in [1.82, 2.24) is 4.65 Å². The Morgan fingerprint density at radius 1 is 0.800 bits per heavy atom. The van der Waals surface area contributed by atoms with Crippen LogP contribution in [0.15, 0.2) is 0 Å². The predicted molar refractivity (Wildman–Crippen MR) is 77.0 cm³/mol. The van der Waals surface area contributed by atoms with Gasteiger partial charge in [-0.05, 0) is 12.8 Å². The Morgan fingerprint density at radius 2 is 1.13 bits per heavy atom. The monoisotopic (exact) mass is 241 g/mol. The van der Waals surface area contributed by atoms with Crippen molar-refractivity contribution < 1.29 is 4.74 Å². The van der Waals surface area contributed by atoms with Crippen LogP contribution in [0.4, 0.5) is 0 Å². The first-order valence-electron chi connectivity index (χ1n) is 5.58. The van der Waals surface area contributed by atoms with Crippen LogP contribution < -0.4 is 4.65 Å². The molecule has 0 amide bonds. The normalized spacial score (nSPS) is 16.4. The molecule has 15 heavy (non-hydrogen) atoms. The molecule has 1 saturated heterocycles. The zero-order valence-electron chi connectivity index (χ0n) is 10.7. The van der Waals surface area contributed by atoms with Gasteiger partial charge in [-0.3, -0.25) is 0 Å². The van der Waals surface area contributed by atoms with E-state index in [0.717, 1.165) is 13.2 Å². The second-order valence-electron chi connectivity index (χ2n) is 5.94. The molecule has 0 spiro atoms. The SMILES string of the molecule is C1CCOC1.C[Si](C)(C)N[Si](C)(C)C.[LiH]. The average molecular weight is 241 g/mol. The van der Waals surface area contributed by atoms with Crippen LogP contribution in [0, 0.1) is 0 Å². The Kier molecular flexibility index (Phi) is 9.90. The van der Waals surface area contributed by atoms with E-state index >= 15 is 0 Å². The molecule has 1 fully saturated rings. The van der Waals surface area contributed by atoms with E-state index in [0.29, 0.717) is 0 Å². The second kappa shape index (κ2) is 8.10. The molecule has 0 aromatic heterocycles. The average Bonchev–Trinajstić information content (AvgIpc) is 2.29. The number of nitrogens with one attached hydrogen (secondary N) is 1. The third-order valence-corrected chi connectivity index (χ3v) is 7.58. The van der Waals surface area contributed by atoms with Crippen LogP contribution in [0.1, 0.15) is 12.8 Å². The quantitative estimate of drug-likeness (QED) is 0.750. The van der Waals surface area contributed by atoms with Crippen molar-refractivity contribution in [3.63, 3.8) is 0 Å². The third-order valence-electron chi connectivity index (χ3n) is 1.58. The van der Waals surface area contributed by atoms with Crippen molar-refractivity contribution >= 4 is 35.3 Å². The summed E-state index contributed by atoms with van der Waals surface area (Å²) in [4.78, 5) is 0. The van der Waals surface area contributed by atoms with Gasteiger partial charge in [0, 0.05) is 13.2 Å². The standard InChI is InChI=1S/C6H19NSi2.C4H8O.Li.H/c1-8(2,3)7-9(4,5)6;1-2-4-5-3-1;;/h7H,1-6H3;1-4H2;;. The molecule has 1 aliphatic heterocycles. The number of ether oxygens (including phenoxy) is 1. The van der Waals surface area contributed by atoms with Crippen LogP contribution in [0.3, 0.4) is 0 Å². The molecule has 0 aromatic rings. The van der Waals surface area contributed by atoms with Gasteiger partial charge in [0.05, 0.1) is 0 Å². The van der Waals surface area contributed by atoms with Gasteiger partial charge < -0.3 is 9.38 Å². The van der Waals surface area contributed by atoms with E-state index in [1.165, 1.54) is 12.8 Å². The molecule has 2 nitrogen and oxygen atoms in total. The molecule has 0 bridgehead atoms. The molecular weight excluding hydrogens is 213 g/mol. The zero-order valence-corrected chi connectivity index (χ0v) is 12.7. The Labute approximate surface area is 110 Å². The van der Waals surface area contributed by atoms with E-state index in [1.54, 1.807) is 0 Å². The Balaban J connectivity index is 0. The number of hydrogen-bond acceptors (Lipinski definition) is 2. The van der Waals surface area contributed by atoms with Gasteiger partial charge in [-0.15, -0.1) is 0 Å². The molecule has 0 saturated carbocycles. The van der Waals surface area contributed by atoms with Crippen LogP contribution >= 0.6 is 0 Å². The van der Waals surface area contributed by atoms with Crippen molar-refractivity contribution in [2.24, 2.45) is 0 Å². The van der Waals surface area contributed by atoms with Crippen LogP contribution in [0.2, 0.25) is 39.3 Å². The molecule has 0 aliphatic carbocycles. The summed E-state index contributed by atoms with van der Waals surface area (Å²) in [6.07, 6.45) is 2.56. The van der Waals surface area contributed by atoms with Gasteiger partial charge in [-0.2, -0.15) is 0 Å². The van der Waals surface area contributed by atoms with E-state index in [-0.39, 0.29) is 18.9 Å². The van der Waals surface area contributed by atoms with E-state index < -0.39 is 16.5 Å². The summed E-state index contributed by atoms with van der Waals surface area (Å²) in [5.41, 5.74) is 0. The first kappa shape index (κ1) is 18.3. The molecule has 1 aliphatic rings. The van der Waals surface area contributed by atoms with Crippen molar-refractivity contribution in [3.05, 3.63) is 0 Å². The fourth-order valence-electron chi connectivity index (χ4n) is 1.64. The van der Waals surface area contributed by atoms with Crippen LogP contribution in [-0.2, 0) is 4.74 Å². The molecule has 0 atom stereocenters. The predicted octanol–water partition coefficient (Wildman–Crippen LogP) is 2.39. The summed E-state index contributed by atoms with van der Waals surface area (Å²) in [6, 6.07) is 0. The van der Waals surface area contributed by atoms with Crippen LogP contribution in [0.5, 0.6) is 0 Å². The first-order valence-corrected chi connectivity index (χ1v) is 12.6. The molecule has 5 heteroatoms. The Morgan fingerprint density at radius 3 is 1.20 bits per heavy atom. The molecular formula is C10H28LiNOSi2. The van der Waals surface area contributed by atoms with Gasteiger partial charge in [0.1, 0.15) is 16.5 Å². The molecule has 1 rings (SSSR count). The number of rotatable bonds is 2. The third kappa shape index (κ3) is 17.6. The van der Waals surface area contributed by atoms with E-state index in [2.05, 4.69) is 43.9 Å². The van der Waals surface area contributed by atoms with Gasteiger partial charge in [0.25, 0.3) is 0 Å². The Bertz CT molecular complexity index is 131. The van der Waals surface area contributed by atoms with Crippen molar-refractivity contribution in [2.75, 3.05) is 13.2 Å². The molecule has 0 radical (unpaired) electrons. The summed E-state index contributed by atoms with van der Waals surface area (Å²) in [6.45, 7) is 16.1. The van der Waals surface area contributed by atoms with E-state index in [1.807, 2.05) is 0 Å². The molecule has 88 valence electrons. The summed E-state index contributed by atoms with van der Waals surface area (Å²) in [5.74, 6) is 0. The summed E-state index contributed by atoms with van der Waals surface area (Å²) < 4.78 is 8.68. The summed E-state index contributed by atoms with van der Waals surface area (Å²) in [7, 11) is -1.96. The fourth-order valence-corrected chi connectivity index (χ4v) is 10.6. The molecule has 0 aromatic carbocycles. The van der Waals surface area contributed by atoms with Gasteiger partial charge in [0.15, 0.2) is 0 Å². The maximum atomic E-state index is 4.94. The van der Waals surface area contributed by atoms with Gasteiger partial charge >= 0.3 is 18.9 Å². The van der Waals surface area contributed by atoms with E-state index in [9.17, 15) is 0 Å². The summed E-state index contributed by atoms with van der Waals surface area (Å²) >= 11 is 0. The molecule has 0 unspecified atom stereocenters. The van der Waals surface area contributed by atoms with Gasteiger partial charge in [-0.25, -0.2) is 0 Å². The number of hydrogen-bond donors (Lipinski definition) is 1. The zero-order chi connectivity index (χ0) is 11.2. The summed E-state index contributed by atoms with van der Waals surface area (Å²) in [5, 5.41) is 0. The second-order valence-corrected chi connectivity index (χ2v) is 15.9.